The first-order valence-corrected chi connectivity index (χ1v) is 19.5. The molecule has 5 aromatic carbocycles. The Balaban J connectivity index is 1.20. The molecule has 7 rings (SSSR count). The zero-order valence-electron chi connectivity index (χ0n) is 34.5. The Morgan fingerprint density at radius 1 is 0.482 bits per heavy atom. The number of hydrogen-bond donors (Lipinski definition) is 0. The van der Waals surface area contributed by atoms with Crippen molar-refractivity contribution in [2.45, 2.75) is 104 Å². The smallest absolute Gasteiger partial charge is 0.399 e. The second kappa shape index (κ2) is 14.8. The van der Waals surface area contributed by atoms with Crippen molar-refractivity contribution in [1.29, 1.82) is 10.5 Å². The van der Waals surface area contributed by atoms with Gasteiger partial charge in [-0.1, -0.05) is 60.7 Å². The average molecular weight is 747 g/mol. The Morgan fingerprint density at radius 2 is 0.786 bits per heavy atom. The van der Waals surface area contributed by atoms with Gasteiger partial charge in [-0.15, -0.1) is 0 Å². The van der Waals surface area contributed by atoms with Gasteiger partial charge in [-0.05, 0) is 148 Å². The van der Waals surface area contributed by atoms with Crippen LogP contribution < -0.4 is 10.9 Å². The fraction of sp³-hybridized carbons (Fsp3) is 0.391. The Morgan fingerprint density at radius 3 is 1.07 bits per heavy atom. The molecule has 0 aliphatic carbocycles. The van der Waals surface area contributed by atoms with Crippen LogP contribution in [0.1, 0.15) is 88.8 Å². The lowest BCUT2D eigenvalue weighted by Gasteiger charge is -2.32. The van der Waals surface area contributed by atoms with Crippen LogP contribution in [-0.4, -0.2) is 60.5 Å². The van der Waals surface area contributed by atoms with Gasteiger partial charge in [-0.3, -0.25) is 9.80 Å². The van der Waals surface area contributed by atoms with Crippen LogP contribution >= 0.6 is 0 Å². The van der Waals surface area contributed by atoms with Gasteiger partial charge in [0.25, 0.3) is 0 Å². The predicted octanol–water partition coefficient (Wildman–Crippen LogP) is 7.60. The summed E-state index contributed by atoms with van der Waals surface area (Å²) in [6.07, 6.45) is 0. The highest BCUT2D eigenvalue weighted by Crippen LogP contribution is 2.39. The molecule has 5 aromatic rings. The minimum Gasteiger partial charge on any atom is -0.399 e. The molecule has 0 aromatic heterocycles. The molecule has 0 saturated carbocycles. The topological polar surface area (TPSA) is 91.0 Å². The second-order valence-corrected chi connectivity index (χ2v) is 17.6. The molecule has 56 heavy (non-hydrogen) atoms. The number of benzene rings is 5. The van der Waals surface area contributed by atoms with Crippen LogP contribution in [0.2, 0.25) is 0 Å². The maximum Gasteiger partial charge on any atom is 0.495 e. The van der Waals surface area contributed by atoms with E-state index in [4.69, 9.17) is 18.6 Å². The fourth-order valence-electron chi connectivity index (χ4n) is 7.91. The number of rotatable bonds is 10. The maximum atomic E-state index is 9.83. The van der Waals surface area contributed by atoms with Crippen molar-refractivity contribution >= 4 is 46.7 Å². The predicted molar refractivity (Wildman–Crippen MR) is 226 cm³/mol. The molecule has 2 aliphatic heterocycles. The van der Waals surface area contributed by atoms with Crippen LogP contribution in [0.5, 0.6) is 0 Å². The molecular formula is C46H52B2N4O4. The quantitative estimate of drug-likeness (QED) is 0.107. The lowest BCUT2D eigenvalue weighted by atomic mass is 9.75. The molecule has 2 heterocycles. The second-order valence-electron chi connectivity index (χ2n) is 17.6. The van der Waals surface area contributed by atoms with Gasteiger partial charge in [0.2, 0.25) is 0 Å². The van der Waals surface area contributed by atoms with E-state index < -0.39 is 36.6 Å². The molecule has 2 aliphatic rings. The van der Waals surface area contributed by atoms with E-state index in [0.717, 1.165) is 22.1 Å². The zero-order chi connectivity index (χ0) is 40.2. The Labute approximate surface area is 333 Å². The molecule has 0 N–H and O–H groups in total. The van der Waals surface area contributed by atoms with Crippen LogP contribution in [-0.2, 0) is 44.8 Å². The van der Waals surface area contributed by atoms with E-state index in [-0.39, 0.29) is 0 Å². The SMILES string of the molecule is CN(Cc1cc(C#N)ccc1B1OC(C)(C)C(C)(C)O1)Cc1c2ccccc2c(CN(C)Cc2cc(C#N)ccc2B2OC(C)(C)C(C)(C)O2)c2ccccc12. The van der Waals surface area contributed by atoms with Crippen molar-refractivity contribution in [2.24, 2.45) is 0 Å². The molecule has 0 atom stereocenters. The summed E-state index contributed by atoms with van der Waals surface area (Å²) in [5.41, 5.74) is 5.75. The van der Waals surface area contributed by atoms with Gasteiger partial charge < -0.3 is 18.6 Å². The molecule has 8 nitrogen and oxygen atoms in total. The van der Waals surface area contributed by atoms with E-state index in [1.54, 1.807) is 0 Å². The summed E-state index contributed by atoms with van der Waals surface area (Å²) in [7, 11) is 3.21. The van der Waals surface area contributed by atoms with Gasteiger partial charge in [0.15, 0.2) is 0 Å². The fourth-order valence-corrected chi connectivity index (χ4v) is 7.91. The molecule has 0 bridgehead atoms. The summed E-state index contributed by atoms with van der Waals surface area (Å²) >= 11 is 0. The molecule has 2 fully saturated rings. The number of hydrogen-bond acceptors (Lipinski definition) is 8. The first-order chi connectivity index (χ1) is 26.4. The normalized spacial score (nSPS) is 18.2. The lowest BCUT2D eigenvalue weighted by Crippen LogP contribution is -2.41. The number of fused-ring (bicyclic) bond motifs is 2. The van der Waals surface area contributed by atoms with E-state index in [9.17, 15) is 10.5 Å². The summed E-state index contributed by atoms with van der Waals surface area (Å²) in [4.78, 5) is 4.62. The third kappa shape index (κ3) is 7.39. The van der Waals surface area contributed by atoms with Gasteiger partial charge >= 0.3 is 14.2 Å². The standard InChI is InChI=1S/C46H52B2N4O4/c1-43(2)44(3,4)54-47(53-43)41-21-19-31(25-49)23-33(41)27-51(9)29-39-35-15-11-13-17-37(35)40(38-18-14-12-16-36(38)39)30-52(10)28-34-24-32(26-50)20-22-42(34)48-55-45(5,6)46(7,8)56-48/h11-24H,27-30H2,1-10H3. The van der Waals surface area contributed by atoms with Gasteiger partial charge in [0.05, 0.1) is 45.7 Å². The van der Waals surface area contributed by atoms with Gasteiger partial charge in [0.1, 0.15) is 0 Å². The maximum absolute atomic E-state index is 9.83. The number of nitriles is 2. The van der Waals surface area contributed by atoms with E-state index in [1.807, 2.05) is 36.4 Å². The van der Waals surface area contributed by atoms with Crippen molar-refractivity contribution < 1.29 is 18.6 Å². The van der Waals surface area contributed by atoms with Crippen molar-refractivity contribution in [3.63, 3.8) is 0 Å². The molecule has 0 amide bonds. The molecule has 0 unspecified atom stereocenters. The number of nitrogens with zero attached hydrogens (tertiary/aromatic N) is 4. The highest BCUT2D eigenvalue weighted by molar-refractivity contribution is 6.63. The van der Waals surface area contributed by atoms with Gasteiger partial charge in [0, 0.05) is 26.2 Å². The van der Waals surface area contributed by atoms with Gasteiger partial charge in [-0.2, -0.15) is 10.5 Å². The molecule has 2 saturated heterocycles. The van der Waals surface area contributed by atoms with Crippen LogP contribution in [0, 0.1) is 22.7 Å². The summed E-state index contributed by atoms with van der Waals surface area (Å²) < 4.78 is 25.9. The van der Waals surface area contributed by atoms with E-state index in [1.165, 1.54) is 32.7 Å². The van der Waals surface area contributed by atoms with Crippen LogP contribution in [0.25, 0.3) is 21.5 Å². The lowest BCUT2D eigenvalue weighted by molar-refractivity contribution is 0.00578. The monoisotopic (exact) mass is 746 g/mol. The highest BCUT2D eigenvalue weighted by atomic mass is 16.7. The van der Waals surface area contributed by atoms with Crippen molar-refractivity contribution in [2.75, 3.05) is 14.1 Å². The van der Waals surface area contributed by atoms with Crippen LogP contribution in [0.4, 0.5) is 0 Å². The van der Waals surface area contributed by atoms with Crippen molar-refractivity contribution in [3.8, 4) is 12.1 Å². The minimum atomic E-state index is -0.524. The first kappa shape index (κ1) is 39.7. The molecule has 0 radical (unpaired) electrons. The molecule has 10 heteroatoms. The van der Waals surface area contributed by atoms with Crippen LogP contribution in [0.3, 0.4) is 0 Å². The summed E-state index contributed by atoms with van der Waals surface area (Å²) in [5, 5.41) is 24.5. The van der Waals surface area contributed by atoms with Crippen LogP contribution in [0.15, 0.2) is 84.9 Å². The summed E-state index contributed by atoms with van der Waals surface area (Å²) in [6.45, 7) is 19.1. The van der Waals surface area contributed by atoms with E-state index in [0.29, 0.717) is 37.3 Å². The molecular weight excluding hydrogens is 694 g/mol. The Kier molecular flexibility index (Phi) is 10.5. The largest absolute Gasteiger partial charge is 0.495 e. The minimum absolute atomic E-state index is 0.474. The Bertz CT molecular complexity index is 2140. The Hall–Kier alpha value is -4.51. The van der Waals surface area contributed by atoms with Gasteiger partial charge in [-0.25, -0.2) is 0 Å². The highest BCUT2D eigenvalue weighted by Gasteiger charge is 2.53. The average Bonchev–Trinajstić information content (AvgIpc) is 3.51. The van der Waals surface area contributed by atoms with E-state index >= 15 is 0 Å². The van der Waals surface area contributed by atoms with E-state index in [2.05, 4.69) is 140 Å². The molecule has 286 valence electrons. The molecule has 0 spiro atoms. The van der Waals surface area contributed by atoms with Crippen molar-refractivity contribution in [1.82, 2.24) is 9.80 Å². The zero-order valence-corrected chi connectivity index (χ0v) is 34.5. The van der Waals surface area contributed by atoms with Crippen molar-refractivity contribution in [3.05, 3.63) is 118 Å². The third-order valence-electron chi connectivity index (χ3n) is 12.4. The summed E-state index contributed by atoms with van der Waals surface area (Å²) in [5.74, 6) is 0. The first-order valence-electron chi connectivity index (χ1n) is 19.5. The summed E-state index contributed by atoms with van der Waals surface area (Å²) in [6, 6.07) is 33.6. The third-order valence-corrected chi connectivity index (χ3v) is 12.4.